The van der Waals surface area contributed by atoms with E-state index in [-0.39, 0.29) is 5.41 Å². The van der Waals surface area contributed by atoms with Gasteiger partial charge in [-0.25, -0.2) is 18.4 Å². The minimum absolute atomic E-state index is 0.0398. The average Bonchev–Trinajstić information content (AvgIpc) is 3.20. The van der Waals surface area contributed by atoms with Gasteiger partial charge in [0, 0.05) is 31.1 Å². The van der Waals surface area contributed by atoms with Gasteiger partial charge in [-0.3, -0.25) is 5.43 Å². The Hall–Kier alpha value is -2.40. The fourth-order valence-corrected chi connectivity index (χ4v) is 5.86. The van der Waals surface area contributed by atoms with Gasteiger partial charge in [-0.15, -0.1) is 11.3 Å². The van der Waals surface area contributed by atoms with E-state index in [0.29, 0.717) is 23.8 Å². The van der Waals surface area contributed by atoms with Crippen LogP contribution in [-0.2, 0) is 15.4 Å². The van der Waals surface area contributed by atoms with Crippen molar-refractivity contribution in [1.29, 1.82) is 0 Å². The zero-order chi connectivity index (χ0) is 22.9. The Kier molecular flexibility index (Phi) is 6.30. The van der Waals surface area contributed by atoms with Crippen LogP contribution in [0.15, 0.2) is 46.7 Å². The van der Waals surface area contributed by atoms with Crippen molar-refractivity contribution in [2.24, 2.45) is 5.10 Å². The maximum Gasteiger partial charge on any atom is 0.243 e. The molecule has 1 saturated heterocycles. The zero-order valence-corrected chi connectivity index (χ0v) is 20.4. The third-order valence-electron chi connectivity index (χ3n) is 5.43. The smallest absolute Gasteiger partial charge is 0.243 e. The summed E-state index contributed by atoms with van der Waals surface area (Å²) in [4.78, 5) is 13.3. The van der Waals surface area contributed by atoms with E-state index < -0.39 is 10.0 Å². The van der Waals surface area contributed by atoms with Crippen molar-refractivity contribution in [2.75, 3.05) is 38.7 Å². The Labute approximate surface area is 193 Å². The third-order valence-corrected chi connectivity index (χ3v) is 8.81. The van der Waals surface area contributed by atoms with Crippen molar-refractivity contribution >= 4 is 43.6 Å². The molecule has 1 fully saturated rings. The van der Waals surface area contributed by atoms with Crippen molar-refractivity contribution in [3.05, 3.63) is 47.1 Å². The summed E-state index contributed by atoms with van der Waals surface area (Å²) < 4.78 is 27.2. The van der Waals surface area contributed by atoms with Crippen LogP contribution in [-0.4, -0.2) is 67.0 Å². The van der Waals surface area contributed by atoms with Crippen LogP contribution in [0.25, 0.3) is 10.2 Å². The largest absolute Gasteiger partial charge is 0.304 e. The predicted molar refractivity (Wildman–Crippen MR) is 130 cm³/mol. The second-order valence-electron chi connectivity index (χ2n) is 8.95. The molecule has 1 aromatic carbocycles. The maximum atomic E-state index is 12.8. The molecule has 0 unspecified atom stereocenters. The van der Waals surface area contributed by atoms with E-state index in [1.807, 2.05) is 7.05 Å². The normalized spacial score (nSPS) is 16.8. The van der Waals surface area contributed by atoms with Crippen LogP contribution in [0.2, 0.25) is 0 Å². The number of hydrogen-bond acceptors (Lipinski definition) is 8. The van der Waals surface area contributed by atoms with Crippen LogP contribution in [0.3, 0.4) is 0 Å². The summed E-state index contributed by atoms with van der Waals surface area (Å²) in [5.41, 5.74) is 3.83. The van der Waals surface area contributed by atoms with Crippen LogP contribution >= 0.6 is 11.3 Å². The SMILES string of the molecule is CN1CCN(S(=O)(=O)c2ccc(C=NNc3ncnc4sc(C(C)(C)C)cc34)cc2)CC1. The van der Waals surface area contributed by atoms with Crippen molar-refractivity contribution in [1.82, 2.24) is 19.2 Å². The van der Waals surface area contributed by atoms with Gasteiger partial charge in [0.05, 0.1) is 16.5 Å². The first-order valence-corrected chi connectivity index (χ1v) is 12.7. The molecule has 0 aliphatic carbocycles. The summed E-state index contributed by atoms with van der Waals surface area (Å²) in [6.07, 6.45) is 3.18. The number of fused-ring (bicyclic) bond motifs is 1. The van der Waals surface area contributed by atoms with Crippen LogP contribution in [0.4, 0.5) is 5.82 Å². The van der Waals surface area contributed by atoms with Crippen molar-refractivity contribution in [2.45, 2.75) is 31.1 Å². The highest BCUT2D eigenvalue weighted by Gasteiger charge is 2.27. The molecule has 3 aromatic rings. The van der Waals surface area contributed by atoms with Gasteiger partial charge in [-0.1, -0.05) is 32.9 Å². The van der Waals surface area contributed by atoms with Crippen LogP contribution in [0, 0.1) is 0 Å². The Morgan fingerprint density at radius 1 is 1.09 bits per heavy atom. The highest BCUT2D eigenvalue weighted by Crippen LogP contribution is 2.35. The number of hydrazone groups is 1. The number of sulfonamides is 1. The van der Waals surface area contributed by atoms with Gasteiger partial charge < -0.3 is 4.90 Å². The van der Waals surface area contributed by atoms with Gasteiger partial charge in [-0.05, 0) is 36.2 Å². The Balaban J connectivity index is 1.46. The zero-order valence-electron chi connectivity index (χ0n) is 18.7. The lowest BCUT2D eigenvalue weighted by Crippen LogP contribution is -2.46. The summed E-state index contributed by atoms with van der Waals surface area (Å²) >= 11 is 1.66. The van der Waals surface area contributed by atoms with Crippen molar-refractivity contribution in [3.63, 3.8) is 0 Å². The number of nitrogens with zero attached hydrogens (tertiary/aromatic N) is 5. The van der Waals surface area contributed by atoms with Crippen molar-refractivity contribution in [3.8, 4) is 0 Å². The third kappa shape index (κ3) is 4.83. The molecule has 10 heteroatoms. The summed E-state index contributed by atoms with van der Waals surface area (Å²) in [5, 5.41) is 5.24. The van der Waals surface area contributed by atoms with E-state index in [2.05, 4.69) is 52.2 Å². The highest BCUT2D eigenvalue weighted by atomic mass is 32.2. The molecule has 8 nitrogen and oxygen atoms in total. The van der Waals surface area contributed by atoms with Gasteiger partial charge in [0.25, 0.3) is 0 Å². The summed E-state index contributed by atoms with van der Waals surface area (Å²) in [6.45, 7) is 9.02. The second-order valence-corrected chi connectivity index (χ2v) is 11.9. The molecular formula is C22H28N6O2S2. The molecule has 0 bridgehead atoms. The molecule has 32 heavy (non-hydrogen) atoms. The molecule has 0 atom stereocenters. The fraction of sp³-hybridized carbons (Fsp3) is 0.409. The number of thiophene rings is 1. The number of nitrogens with one attached hydrogen (secondary N) is 1. The molecule has 1 aliphatic heterocycles. The van der Waals surface area contributed by atoms with E-state index in [0.717, 1.165) is 28.9 Å². The summed E-state index contributed by atoms with van der Waals surface area (Å²) in [6, 6.07) is 8.88. The lowest BCUT2D eigenvalue weighted by atomic mass is 9.94. The first-order chi connectivity index (χ1) is 15.1. The van der Waals surface area contributed by atoms with Crippen LogP contribution in [0.5, 0.6) is 0 Å². The molecule has 170 valence electrons. The molecule has 2 aromatic heterocycles. The molecular weight excluding hydrogens is 444 g/mol. The van der Waals surface area contributed by atoms with Gasteiger partial charge in [0.1, 0.15) is 11.2 Å². The molecule has 0 saturated carbocycles. The molecule has 1 N–H and O–H groups in total. The number of piperazine rings is 1. The lowest BCUT2D eigenvalue weighted by Gasteiger charge is -2.31. The molecule has 3 heterocycles. The van der Waals surface area contributed by atoms with E-state index in [4.69, 9.17) is 0 Å². The molecule has 1 aliphatic rings. The summed E-state index contributed by atoms with van der Waals surface area (Å²) in [7, 11) is -1.47. The van der Waals surface area contributed by atoms with Crippen LogP contribution < -0.4 is 5.43 Å². The first kappa shape index (κ1) is 22.8. The fourth-order valence-electron chi connectivity index (χ4n) is 3.39. The van der Waals surface area contributed by atoms with Gasteiger partial charge in [0.2, 0.25) is 10.0 Å². The number of likely N-dealkylation sites (N-methyl/N-ethyl adjacent to an activating group) is 1. The minimum atomic E-state index is -3.47. The highest BCUT2D eigenvalue weighted by molar-refractivity contribution is 7.89. The molecule has 0 amide bonds. The topological polar surface area (TPSA) is 90.8 Å². The number of benzene rings is 1. The molecule has 0 radical (unpaired) electrons. The van der Waals surface area contributed by atoms with E-state index >= 15 is 0 Å². The van der Waals surface area contributed by atoms with Crippen molar-refractivity contribution < 1.29 is 8.42 Å². The van der Waals surface area contributed by atoms with Gasteiger partial charge >= 0.3 is 0 Å². The monoisotopic (exact) mass is 472 g/mol. The molecule has 0 spiro atoms. The maximum absolute atomic E-state index is 12.8. The lowest BCUT2D eigenvalue weighted by molar-refractivity contribution is 0.222. The Morgan fingerprint density at radius 3 is 2.44 bits per heavy atom. The number of rotatable bonds is 5. The van der Waals surface area contributed by atoms with E-state index in [1.54, 1.807) is 46.1 Å². The van der Waals surface area contributed by atoms with E-state index in [1.165, 1.54) is 11.2 Å². The number of hydrogen-bond donors (Lipinski definition) is 1. The Morgan fingerprint density at radius 2 is 1.78 bits per heavy atom. The Bertz CT molecular complexity index is 1220. The quantitative estimate of drug-likeness (QED) is 0.452. The standard InChI is InChI=1S/C22H28N6O2S2/c1-22(2,3)19-13-18-20(23-15-24-21(18)31-19)26-25-14-16-5-7-17(8-6-16)32(29,30)28-11-9-27(4)10-12-28/h5-8,13-15H,9-12H2,1-4H3,(H,23,24,26). The second kappa shape index (κ2) is 8.86. The van der Waals surface area contributed by atoms with E-state index in [9.17, 15) is 8.42 Å². The average molecular weight is 473 g/mol. The number of anilines is 1. The minimum Gasteiger partial charge on any atom is -0.304 e. The predicted octanol–water partition coefficient (Wildman–Crippen LogP) is 3.37. The van der Waals surface area contributed by atoms with Crippen LogP contribution in [0.1, 0.15) is 31.2 Å². The summed E-state index contributed by atoms with van der Waals surface area (Å²) in [5.74, 6) is 0.646. The van der Waals surface area contributed by atoms with Gasteiger partial charge in [-0.2, -0.15) is 9.41 Å². The van der Waals surface area contributed by atoms with Gasteiger partial charge in [0.15, 0.2) is 5.82 Å². The number of aromatic nitrogens is 2. The molecule has 4 rings (SSSR count). The first-order valence-electron chi connectivity index (χ1n) is 10.5.